The van der Waals surface area contributed by atoms with Crippen molar-refractivity contribution in [1.82, 2.24) is 0 Å². The molecule has 1 saturated heterocycles. The van der Waals surface area contributed by atoms with E-state index in [9.17, 15) is 0 Å². The zero-order valence-electron chi connectivity index (χ0n) is 11.8. The molecule has 1 heterocycles. The van der Waals surface area contributed by atoms with Crippen LogP contribution in [0.5, 0.6) is 5.75 Å². The summed E-state index contributed by atoms with van der Waals surface area (Å²) in [5.74, 6) is 0.979. The van der Waals surface area contributed by atoms with Gasteiger partial charge in [0.15, 0.2) is 0 Å². The van der Waals surface area contributed by atoms with Crippen LogP contribution in [0.2, 0.25) is 0 Å². The van der Waals surface area contributed by atoms with Gasteiger partial charge in [0, 0.05) is 12.6 Å². The fourth-order valence-corrected chi connectivity index (χ4v) is 2.53. The summed E-state index contributed by atoms with van der Waals surface area (Å²) in [6.45, 7) is 3.72. The van der Waals surface area contributed by atoms with Crippen molar-refractivity contribution in [1.29, 1.82) is 0 Å². The van der Waals surface area contributed by atoms with Crippen molar-refractivity contribution in [2.45, 2.75) is 51.2 Å². The molecule has 0 bridgehead atoms. The Labute approximate surface area is 116 Å². The zero-order chi connectivity index (χ0) is 13.5. The normalized spacial score (nSPS) is 20.4. The quantitative estimate of drug-likeness (QED) is 0.769. The van der Waals surface area contributed by atoms with Crippen molar-refractivity contribution in [2.24, 2.45) is 5.73 Å². The fraction of sp³-hybridized carbons (Fsp3) is 0.625. The summed E-state index contributed by atoms with van der Waals surface area (Å²) >= 11 is 0. The first-order valence-corrected chi connectivity index (χ1v) is 7.33. The lowest BCUT2D eigenvalue weighted by Gasteiger charge is -2.14. The minimum absolute atomic E-state index is 0.164. The van der Waals surface area contributed by atoms with Gasteiger partial charge in [-0.1, -0.05) is 18.2 Å². The third kappa shape index (κ3) is 4.84. The second-order valence-electron chi connectivity index (χ2n) is 5.41. The summed E-state index contributed by atoms with van der Waals surface area (Å²) in [6.07, 6.45) is 5.90. The van der Waals surface area contributed by atoms with Crippen LogP contribution in [0, 0.1) is 0 Å². The van der Waals surface area contributed by atoms with E-state index in [0.717, 1.165) is 38.2 Å². The molecule has 0 aromatic heterocycles. The molecule has 3 heteroatoms. The lowest BCUT2D eigenvalue weighted by Crippen LogP contribution is -2.18. The smallest absolute Gasteiger partial charge is 0.122 e. The molecule has 1 aromatic carbocycles. The predicted molar refractivity (Wildman–Crippen MR) is 77.5 cm³/mol. The van der Waals surface area contributed by atoms with Gasteiger partial charge in [-0.3, -0.25) is 0 Å². The summed E-state index contributed by atoms with van der Waals surface area (Å²) in [7, 11) is 0. The molecule has 1 fully saturated rings. The summed E-state index contributed by atoms with van der Waals surface area (Å²) in [5.41, 5.74) is 7.06. The maximum absolute atomic E-state index is 5.89. The van der Waals surface area contributed by atoms with Crippen LogP contribution in [0.3, 0.4) is 0 Å². The SMILES string of the molecule is CC(N)Cc1ccccc1OCCCC1CCCO1. The first-order chi connectivity index (χ1) is 9.25. The Morgan fingerprint density at radius 1 is 1.42 bits per heavy atom. The van der Waals surface area contributed by atoms with Crippen LogP contribution in [-0.2, 0) is 11.2 Å². The molecule has 106 valence electrons. The molecule has 0 spiro atoms. The number of benzene rings is 1. The molecule has 19 heavy (non-hydrogen) atoms. The van der Waals surface area contributed by atoms with Crippen molar-refractivity contribution in [2.75, 3.05) is 13.2 Å². The van der Waals surface area contributed by atoms with E-state index in [-0.39, 0.29) is 6.04 Å². The molecular formula is C16H25NO2. The van der Waals surface area contributed by atoms with Crippen molar-refractivity contribution < 1.29 is 9.47 Å². The van der Waals surface area contributed by atoms with Crippen LogP contribution in [0.25, 0.3) is 0 Å². The Balaban J connectivity index is 1.75. The van der Waals surface area contributed by atoms with E-state index >= 15 is 0 Å². The van der Waals surface area contributed by atoms with E-state index in [2.05, 4.69) is 6.07 Å². The number of hydrogen-bond acceptors (Lipinski definition) is 3. The number of nitrogens with two attached hydrogens (primary N) is 1. The van der Waals surface area contributed by atoms with Crippen molar-refractivity contribution in [3.63, 3.8) is 0 Å². The molecule has 0 amide bonds. The average molecular weight is 263 g/mol. The maximum atomic E-state index is 5.89. The molecule has 2 atom stereocenters. The van der Waals surface area contributed by atoms with Gasteiger partial charge >= 0.3 is 0 Å². The van der Waals surface area contributed by atoms with Crippen molar-refractivity contribution in [3.05, 3.63) is 29.8 Å². The second-order valence-corrected chi connectivity index (χ2v) is 5.41. The molecule has 1 aromatic rings. The van der Waals surface area contributed by atoms with Gasteiger partial charge in [0.25, 0.3) is 0 Å². The molecular weight excluding hydrogens is 238 g/mol. The second kappa shape index (κ2) is 7.51. The molecule has 0 radical (unpaired) electrons. The Hall–Kier alpha value is -1.06. The molecule has 2 rings (SSSR count). The fourth-order valence-electron chi connectivity index (χ4n) is 2.53. The highest BCUT2D eigenvalue weighted by atomic mass is 16.5. The van der Waals surface area contributed by atoms with Crippen LogP contribution < -0.4 is 10.5 Å². The molecule has 2 unspecified atom stereocenters. The maximum Gasteiger partial charge on any atom is 0.122 e. The lowest BCUT2D eigenvalue weighted by atomic mass is 10.1. The van der Waals surface area contributed by atoms with Gasteiger partial charge in [-0.25, -0.2) is 0 Å². The highest BCUT2D eigenvalue weighted by Gasteiger charge is 2.14. The summed E-state index contributed by atoms with van der Waals surface area (Å²) in [6, 6.07) is 8.34. The Morgan fingerprint density at radius 2 is 2.26 bits per heavy atom. The van der Waals surface area contributed by atoms with E-state index < -0.39 is 0 Å². The van der Waals surface area contributed by atoms with Gasteiger partial charge in [-0.05, 0) is 50.7 Å². The lowest BCUT2D eigenvalue weighted by molar-refractivity contribution is 0.0981. The van der Waals surface area contributed by atoms with E-state index in [4.69, 9.17) is 15.2 Å². The van der Waals surface area contributed by atoms with Crippen LogP contribution in [0.1, 0.15) is 38.2 Å². The first kappa shape index (κ1) is 14.4. The average Bonchev–Trinajstić information content (AvgIpc) is 2.89. The largest absolute Gasteiger partial charge is 0.493 e. The van der Waals surface area contributed by atoms with Crippen molar-refractivity contribution in [3.8, 4) is 5.75 Å². The van der Waals surface area contributed by atoms with Crippen molar-refractivity contribution >= 4 is 0 Å². The number of hydrogen-bond donors (Lipinski definition) is 1. The zero-order valence-corrected chi connectivity index (χ0v) is 11.8. The molecule has 1 aliphatic rings. The van der Waals surface area contributed by atoms with Crippen LogP contribution in [0.4, 0.5) is 0 Å². The standard InChI is InChI=1S/C16H25NO2/c1-13(17)12-14-6-2-3-9-16(14)19-11-5-8-15-7-4-10-18-15/h2-3,6,9,13,15H,4-5,7-8,10-12,17H2,1H3. The van der Waals surface area contributed by atoms with Gasteiger partial charge in [-0.15, -0.1) is 0 Å². The third-order valence-electron chi connectivity index (χ3n) is 3.47. The molecule has 0 aliphatic carbocycles. The summed E-state index contributed by atoms with van der Waals surface area (Å²) in [5, 5.41) is 0. The number of para-hydroxylation sites is 1. The monoisotopic (exact) mass is 263 g/mol. The van der Waals surface area contributed by atoms with Gasteiger partial charge in [0.05, 0.1) is 12.7 Å². The van der Waals surface area contributed by atoms with Gasteiger partial charge in [-0.2, -0.15) is 0 Å². The Bertz CT molecular complexity index is 373. The van der Waals surface area contributed by atoms with E-state index in [0.29, 0.717) is 6.10 Å². The summed E-state index contributed by atoms with van der Waals surface area (Å²) in [4.78, 5) is 0. The Kier molecular flexibility index (Phi) is 5.67. The molecule has 1 aliphatic heterocycles. The minimum atomic E-state index is 0.164. The first-order valence-electron chi connectivity index (χ1n) is 7.33. The van der Waals surface area contributed by atoms with Crippen LogP contribution in [-0.4, -0.2) is 25.4 Å². The minimum Gasteiger partial charge on any atom is -0.493 e. The van der Waals surface area contributed by atoms with Crippen LogP contribution in [0.15, 0.2) is 24.3 Å². The summed E-state index contributed by atoms with van der Waals surface area (Å²) < 4.78 is 11.5. The third-order valence-corrected chi connectivity index (χ3v) is 3.47. The van der Waals surface area contributed by atoms with Gasteiger partial charge < -0.3 is 15.2 Å². The van der Waals surface area contributed by atoms with E-state index in [1.54, 1.807) is 0 Å². The van der Waals surface area contributed by atoms with E-state index in [1.807, 2.05) is 25.1 Å². The van der Waals surface area contributed by atoms with Gasteiger partial charge in [0.1, 0.15) is 5.75 Å². The van der Waals surface area contributed by atoms with Gasteiger partial charge in [0.2, 0.25) is 0 Å². The highest BCUT2D eigenvalue weighted by molar-refractivity contribution is 5.33. The van der Waals surface area contributed by atoms with Crippen LogP contribution >= 0.6 is 0 Å². The number of ether oxygens (including phenoxy) is 2. The molecule has 2 N–H and O–H groups in total. The molecule has 3 nitrogen and oxygen atoms in total. The Morgan fingerprint density at radius 3 is 3.00 bits per heavy atom. The highest BCUT2D eigenvalue weighted by Crippen LogP contribution is 2.21. The van der Waals surface area contributed by atoms with E-state index in [1.165, 1.54) is 18.4 Å². The molecule has 0 saturated carbocycles. The number of rotatable bonds is 7. The predicted octanol–water partition coefficient (Wildman–Crippen LogP) is 2.91. The topological polar surface area (TPSA) is 44.5 Å².